The van der Waals surface area contributed by atoms with Gasteiger partial charge in [-0.3, -0.25) is 4.79 Å². The molecule has 0 aromatic carbocycles. The number of ketones is 1. The summed E-state index contributed by atoms with van der Waals surface area (Å²) in [6.07, 6.45) is -4.12. The molecule has 98 valence electrons. The Kier molecular flexibility index (Phi) is 4.43. The Bertz CT molecular complexity index is 320. The van der Waals surface area contributed by atoms with Crippen molar-refractivity contribution in [2.45, 2.75) is 32.2 Å². The molecule has 2 atom stereocenters. The van der Waals surface area contributed by atoms with Crippen LogP contribution in [0, 0.1) is 0 Å². The average molecular weight is 272 g/mol. The van der Waals surface area contributed by atoms with E-state index in [2.05, 4.69) is 0 Å². The second kappa shape index (κ2) is 5.27. The zero-order valence-electron chi connectivity index (χ0n) is 9.42. The molecule has 3 nitrogen and oxygen atoms in total. The SMILES string of the molecule is CC1CN(/C=C(\Cl)C(=O)C(F)(F)F)CC(C)O1. The van der Waals surface area contributed by atoms with Crippen LogP contribution < -0.4 is 0 Å². The summed E-state index contributed by atoms with van der Waals surface area (Å²) in [4.78, 5) is 12.4. The molecular weight excluding hydrogens is 259 g/mol. The molecule has 0 saturated carbocycles. The van der Waals surface area contributed by atoms with Gasteiger partial charge in [-0.15, -0.1) is 0 Å². The van der Waals surface area contributed by atoms with Crippen LogP contribution in [0.1, 0.15) is 13.8 Å². The van der Waals surface area contributed by atoms with Gasteiger partial charge in [0.05, 0.1) is 12.2 Å². The minimum atomic E-state index is -4.93. The maximum Gasteiger partial charge on any atom is 0.455 e. The van der Waals surface area contributed by atoms with E-state index in [1.54, 1.807) is 18.7 Å². The fourth-order valence-electron chi connectivity index (χ4n) is 1.68. The van der Waals surface area contributed by atoms with Crippen LogP contribution in [0.25, 0.3) is 0 Å². The first-order chi connectivity index (χ1) is 7.70. The molecule has 1 saturated heterocycles. The Labute approximate surface area is 102 Å². The van der Waals surface area contributed by atoms with Crippen molar-refractivity contribution in [1.82, 2.24) is 4.90 Å². The molecule has 1 rings (SSSR count). The maximum absolute atomic E-state index is 12.1. The number of morpholine rings is 1. The van der Waals surface area contributed by atoms with E-state index in [9.17, 15) is 18.0 Å². The highest BCUT2D eigenvalue weighted by Gasteiger charge is 2.40. The summed E-state index contributed by atoms with van der Waals surface area (Å²) in [7, 11) is 0. The van der Waals surface area contributed by atoms with Crippen LogP contribution in [0.3, 0.4) is 0 Å². The van der Waals surface area contributed by atoms with Crippen molar-refractivity contribution in [1.29, 1.82) is 0 Å². The number of halogens is 4. The second-order valence-electron chi connectivity index (χ2n) is 4.02. The van der Waals surface area contributed by atoms with E-state index in [-0.39, 0.29) is 12.2 Å². The predicted octanol–water partition coefficient (Wildman–Crippen LogP) is 2.31. The minimum absolute atomic E-state index is 0.111. The number of Topliss-reactive ketones (excluding diaryl/α,β-unsaturated/α-hetero) is 1. The first-order valence-electron chi connectivity index (χ1n) is 5.08. The van der Waals surface area contributed by atoms with Crippen LogP contribution in [-0.2, 0) is 9.53 Å². The molecule has 0 aromatic heterocycles. The Morgan fingerprint density at radius 3 is 2.24 bits per heavy atom. The van der Waals surface area contributed by atoms with Crippen molar-refractivity contribution >= 4 is 17.4 Å². The van der Waals surface area contributed by atoms with Crippen LogP contribution in [0.15, 0.2) is 11.2 Å². The number of nitrogens with zero attached hydrogens (tertiary/aromatic N) is 1. The fraction of sp³-hybridized carbons (Fsp3) is 0.700. The summed E-state index contributed by atoms with van der Waals surface area (Å²) < 4.78 is 41.7. The molecule has 1 fully saturated rings. The molecule has 2 unspecified atom stereocenters. The van der Waals surface area contributed by atoms with Gasteiger partial charge in [0.25, 0.3) is 5.78 Å². The van der Waals surface area contributed by atoms with Gasteiger partial charge in [-0.25, -0.2) is 0 Å². The molecule has 0 radical (unpaired) electrons. The Morgan fingerprint density at radius 2 is 1.82 bits per heavy atom. The zero-order chi connectivity index (χ0) is 13.2. The van der Waals surface area contributed by atoms with Crippen LogP contribution in [0.4, 0.5) is 13.2 Å². The third kappa shape index (κ3) is 4.20. The van der Waals surface area contributed by atoms with Gasteiger partial charge in [0.1, 0.15) is 5.03 Å². The van der Waals surface area contributed by atoms with Gasteiger partial charge >= 0.3 is 6.18 Å². The molecule has 17 heavy (non-hydrogen) atoms. The Balaban J connectivity index is 2.71. The van der Waals surface area contributed by atoms with Crippen LogP contribution in [0.2, 0.25) is 0 Å². The van der Waals surface area contributed by atoms with Gasteiger partial charge in [-0.2, -0.15) is 13.2 Å². The molecule has 1 aliphatic heterocycles. The third-order valence-electron chi connectivity index (χ3n) is 2.22. The smallest absolute Gasteiger partial charge is 0.372 e. The molecule has 0 amide bonds. The van der Waals surface area contributed by atoms with E-state index in [0.29, 0.717) is 13.1 Å². The lowest BCUT2D eigenvalue weighted by Crippen LogP contribution is -2.43. The summed E-state index contributed by atoms with van der Waals surface area (Å²) in [5.41, 5.74) is 0. The number of ether oxygens (including phenoxy) is 1. The number of carbonyl (C=O) groups is 1. The summed E-state index contributed by atoms with van der Waals surface area (Å²) in [6.45, 7) is 4.42. The number of hydrogen-bond acceptors (Lipinski definition) is 3. The van der Waals surface area contributed by atoms with Crippen LogP contribution in [0.5, 0.6) is 0 Å². The van der Waals surface area contributed by atoms with Crippen LogP contribution in [-0.4, -0.2) is 42.2 Å². The van der Waals surface area contributed by atoms with Gasteiger partial charge in [0.2, 0.25) is 0 Å². The quantitative estimate of drug-likeness (QED) is 0.722. The van der Waals surface area contributed by atoms with Gasteiger partial charge < -0.3 is 9.64 Å². The van der Waals surface area contributed by atoms with E-state index in [4.69, 9.17) is 16.3 Å². The fourth-order valence-corrected chi connectivity index (χ4v) is 1.92. The largest absolute Gasteiger partial charge is 0.455 e. The molecule has 1 aliphatic rings. The third-order valence-corrected chi connectivity index (χ3v) is 2.49. The van der Waals surface area contributed by atoms with E-state index < -0.39 is 17.0 Å². The highest BCUT2D eigenvalue weighted by molar-refractivity contribution is 6.43. The summed E-state index contributed by atoms with van der Waals surface area (Å²) in [5, 5.41) is -0.821. The lowest BCUT2D eigenvalue weighted by Gasteiger charge is -2.34. The van der Waals surface area contributed by atoms with Gasteiger partial charge in [-0.1, -0.05) is 11.6 Å². The lowest BCUT2D eigenvalue weighted by atomic mass is 10.2. The second-order valence-corrected chi connectivity index (χ2v) is 4.42. The Morgan fingerprint density at radius 1 is 1.35 bits per heavy atom. The van der Waals surface area contributed by atoms with Crippen molar-refractivity contribution in [2.24, 2.45) is 0 Å². The minimum Gasteiger partial charge on any atom is -0.372 e. The van der Waals surface area contributed by atoms with Gasteiger partial charge in [-0.05, 0) is 13.8 Å². The topological polar surface area (TPSA) is 29.5 Å². The Hall–Kier alpha value is -0.750. The number of alkyl halides is 3. The first kappa shape index (κ1) is 14.3. The maximum atomic E-state index is 12.1. The summed E-state index contributed by atoms with van der Waals surface area (Å²) in [5.74, 6) is -2.02. The number of allylic oxidation sites excluding steroid dienone is 1. The standard InChI is InChI=1S/C10H13ClF3NO2/c1-6-3-15(4-7(2)17-6)5-8(11)9(16)10(12,13)14/h5-7H,3-4H2,1-2H3/b8-5-. The van der Waals surface area contributed by atoms with E-state index in [1.807, 2.05) is 0 Å². The van der Waals surface area contributed by atoms with Crippen molar-refractivity contribution < 1.29 is 22.7 Å². The van der Waals surface area contributed by atoms with E-state index >= 15 is 0 Å². The molecule has 1 heterocycles. The zero-order valence-corrected chi connectivity index (χ0v) is 10.2. The van der Waals surface area contributed by atoms with Gasteiger partial charge in [0.15, 0.2) is 0 Å². The molecule has 0 bridgehead atoms. The highest BCUT2D eigenvalue weighted by atomic mass is 35.5. The van der Waals surface area contributed by atoms with Crippen molar-refractivity contribution in [2.75, 3.05) is 13.1 Å². The van der Waals surface area contributed by atoms with Crippen molar-refractivity contribution in [3.63, 3.8) is 0 Å². The molecular formula is C10H13ClF3NO2. The number of rotatable bonds is 2. The molecule has 0 aromatic rings. The number of carbonyl (C=O) groups excluding carboxylic acids is 1. The predicted molar refractivity (Wildman–Crippen MR) is 56.6 cm³/mol. The normalized spacial score (nSPS) is 27.2. The van der Waals surface area contributed by atoms with E-state index in [0.717, 1.165) is 6.20 Å². The molecule has 0 N–H and O–H groups in total. The first-order valence-corrected chi connectivity index (χ1v) is 5.46. The highest BCUT2D eigenvalue weighted by Crippen LogP contribution is 2.23. The van der Waals surface area contributed by atoms with Gasteiger partial charge in [0, 0.05) is 19.3 Å². The van der Waals surface area contributed by atoms with Crippen molar-refractivity contribution in [3.05, 3.63) is 11.2 Å². The van der Waals surface area contributed by atoms with Crippen LogP contribution >= 0.6 is 11.6 Å². The molecule has 7 heteroatoms. The lowest BCUT2D eigenvalue weighted by molar-refractivity contribution is -0.165. The number of hydrogen-bond donors (Lipinski definition) is 0. The summed E-state index contributed by atoms with van der Waals surface area (Å²) in [6, 6.07) is 0. The average Bonchev–Trinajstić information content (AvgIpc) is 2.13. The monoisotopic (exact) mass is 271 g/mol. The molecule has 0 aliphatic carbocycles. The van der Waals surface area contributed by atoms with Crippen molar-refractivity contribution in [3.8, 4) is 0 Å². The summed E-state index contributed by atoms with van der Waals surface area (Å²) >= 11 is 5.35. The molecule has 0 spiro atoms. The van der Waals surface area contributed by atoms with E-state index in [1.165, 1.54) is 0 Å².